The van der Waals surface area contributed by atoms with Crippen LogP contribution < -0.4 is 10.2 Å². The number of anilines is 1. The van der Waals surface area contributed by atoms with E-state index in [4.69, 9.17) is 12.2 Å². The Kier molecular flexibility index (Phi) is 5.63. The molecular weight excluding hydrogens is 444 g/mol. The first-order valence-electron chi connectivity index (χ1n) is 11.0. The number of carboxylic acid groups (broad SMARTS) is 1. The second-order valence-electron chi connectivity index (χ2n) is 8.50. The molecule has 5 rings (SSSR count). The van der Waals surface area contributed by atoms with Gasteiger partial charge >= 0.3 is 5.97 Å². The van der Waals surface area contributed by atoms with Crippen molar-refractivity contribution in [2.45, 2.75) is 25.9 Å². The van der Waals surface area contributed by atoms with Gasteiger partial charge in [0, 0.05) is 29.5 Å². The smallest absolute Gasteiger partial charge is 0.335 e. The molecule has 4 aromatic rings. The number of carboxylic acids is 1. The molecule has 1 aliphatic rings. The molecule has 0 spiro atoms. The van der Waals surface area contributed by atoms with Gasteiger partial charge in [0.25, 0.3) is 0 Å². The normalized spacial score (nSPS) is 17.6. The van der Waals surface area contributed by atoms with Crippen LogP contribution in [0.5, 0.6) is 0 Å². The standard InChI is InChI=1S/C27H24N4O2S/c1-17-14-18(2)16-21(15-17)31-25(24(29-27(31)34)22-6-3-4-12-28-22)23-7-5-13-30(23)20-10-8-19(9-11-20)26(32)33/h3-16,24-25H,1-2H3,(H,29,34)(H,32,33)/t24-,25-/m1/s1. The van der Waals surface area contributed by atoms with Gasteiger partial charge in [-0.3, -0.25) is 4.98 Å². The zero-order valence-corrected chi connectivity index (χ0v) is 19.7. The van der Waals surface area contributed by atoms with Crippen molar-refractivity contribution >= 4 is 29.0 Å². The van der Waals surface area contributed by atoms with Gasteiger partial charge in [-0.1, -0.05) is 12.1 Å². The zero-order valence-electron chi connectivity index (χ0n) is 18.8. The molecule has 2 N–H and O–H groups in total. The molecule has 0 aliphatic carbocycles. The van der Waals surface area contributed by atoms with E-state index in [0.29, 0.717) is 5.11 Å². The first kappa shape index (κ1) is 21.9. The average Bonchev–Trinajstić information content (AvgIpc) is 3.43. The van der Waals surface area contributed by atoms with Gasteiger partial charge in [-0.15, -0.1) is 0 Å². The van der Waals surface area contributed by atoms with Crippen LogP contribution in [-0.2, 0) is 0 Å². The van der Waals surface area contributed by atoms with E-state index in [1.54, 1.807) is 18.3 Å². The van der Waals surface area contributed by atoms with Gasteiger partial charge in [-0.05, 0) is 97.9 Å². The fraction of sp³-hybridized carbons (Fsp3) is 0.148. The van der Waals surface area contributed by atoms with Crippen LogP contribution in [0.4, 0.5) is 5.69 Å². The SMILES string of the molecule is Cc1cc(C)cc(N2C(=S)N[C@H](c3ccccn3)[C@H]2c2cccn2-c2ccc(C(=O)O)cc2)c1. The minimum atomic E-state index is -0.944. The van der Waals surface area contributed by atoms with Crippen LogP contribution >= 0.6 is 12.2 Å². The van der Waals surface area contributed by atoms with Crippen LogP contribution in [0.2, 0.25) is 0 Å². The van der Waals surface area contributed by atoms with Crippen molar-refractivity contribution in [3.8, 4) is 5.69 Å². The molecule has 1 fully saturated rings. The van der Waals surface area contributed by atoms with E-state index >= 15 is 0 Å². The summed E-state index contributed by atoms with van der Waals surface area (Å²) in [6.45, 7) is 4.17. The van der Waals surface area contributed by atoms with Gasteiger partial charge in [0.05, 0.1) is 17.3 Å². The number of rotatable bonds is 5. The van der Waals surface area contributed by atoms with E-state index < -0.39 is 5.97 Å². The highest BCUT2D eigenvalue weighted by atomic mass is 32.1. The second-order valence-corrected chi connectivity index (χ2v) is 8.88. The molecule has 2 aromatic carbocycles. The van der Waals surface area contributed by atoms with Crippen molar-refractivity contribution in [3.63, 3.8) is 0 Å². The summed E-state index contributed by atoms with van der Waals surface area (Å²) in [6.07, 6.45) is 3.78. The summed E-state index contributed by atoms with van der Waals surface area (Å²) in [4.78, 5) is 18.1. The van der Waals surface area contributed by atoms with Crippen LogP contribution in [0.25, 0.3) is 5.69 Å². The van der Waals surface area contributed by atoms with E-state index in [2.05, 4.69) is 57.9 Å². The van der Waals surface area contributed by atoms with Crippen molar-refractivity contribution in [3.05, 3.63) is 113 Å². The minimum absolute atomic E-state index is 0.165. The number of nitrogens with one attached hydrogen (secondary N) is 1. The summed E-state index contributed by atoms with van der Waals surface area (Å²) in [5.74, 6) is -0.944. The fourth-order valence-electron chi connectivity index (χ4n) is 4.66. The molecule has 34 heavy (non-hydrogen) atoms. The van der Waals surface area contributed by atoms with Crippen LogP contribution in [0, 0.1) is 13.8 Å². The highest BCUT2D eigenvalue weighted by Crippen LogP contribution is 2.42. The number of thiocarbonyl (C=S) groups is 1. The van der Waals surface area contributed by atoms with Crippen molar-refractivity contribution in [2.24, 2.45) is 0 Å². The third-order valence-corrected chi connectivity index (χ3v) is 6.37. The van der Waals surface area contributed by atoms with Gasteiger partial charge in [0.2, 0.25) is 0 Å². The monoisotopic (exact) mass is 468 g/mol. The van der Waals surface area contributed by atoms with Crippen molar-refractivity contribution in [1.82, 2.24) is 14.9 Å². The molecule has 3 heterocycles. The lowest BCUT2D eigenvalue weighted by molar-refractivity contribution is 0.0697. The molecule has 6 nitrogen and oxygen atoms in total. The number of benzene rings is 2. The maximum atomic E-state index is 11.3. The molecule has 170 valence electrons. The van der Waals surface area contributed by atoms with Gasteiger partial charge < -0.3 is 19.9 Å². The molecule has 0 amide bonds. The van der Waals surface area contributed by atoms with E-state index in [9.17, 15) is 9.90 Å². The Morgan fingerprint density at radius 1 is 0.971 bits per heavy atom. The number of carbonyl (C=O) groups is 1. The van der Waals surface area contributed by atoms with Gasteiger partial charge in [0.15, 0.2) is 5.11 Å². The summed E-state index contributed by atoms with van der Waals surface area (Å²) in [5, 5.41) is 13.4. The van der Waals surface area contributed by atoms with E-state index in [1.165, 1.54) is 0 Å². The van der Waals surface area contributed by atoms with Gasteiger partial charge in [0.1, 0.15) is 6.04 Å². The summed E-state index contributed by atoms with van der Waals surface area (Å²) in [7, 11) is 0. The van der Waals surface area contributed by atoms with Gasteiger partial charge in [-0.2, -0.15) is 0 Å². The highest BCUT2D eigenvalue weighted by Gasteiger charge is 2.42. The van der Waals surface area contributed by atoms with Gasteiger partial charge in [-0.25, -0.2) is 4.79 Å². The highest BCUT2D eigenvalue weighted by molar-refractivity contribution is 7.80. The summed E-state index contributed by atoms with van der Waals surface area (Å²) >= 11 is 5.86. The maximum absolute atomic E-state index is 11.3. The molecular formula is C27H24N4O2S. The average molecular weight is 469 g/mol. The molecule has 0 saturated carbocycles. The molecule has 0 bridgehead atoms. The predicted octanol–water partition coefficient (Wildman–Crippen LogP) is 5.36. The number of hydrogen-bond donors (Lipinski definition) is 2. The lowest BCUT2D eigenvalue weighted by Crippen LogP contribution is -2.30. The number of aryl methyl sites for hydroxylation is 2. The third kappa shape index (κ3) is 3.95. The first-order valence-corrected chi connectivity index (χ1v) is 11.4. The molecule has 2 atom stereocenters. The summed E-state index contributed by atoms with van der Waals surface area (Å²) < 4.78 is 2.08. The molecule has 1 aliphatic heterocycles. The Morgan fingerprint density at radius 2 is 1.71 bits per heavy atom. The largest absolute Gasteiger partial charge is 0.478 e. The Labute approximate surface area is 203 Å². The summed E-state index contributed by atoms with van der Waals surface area (Å²) in [6, 6.07) is 23.0. The van der Waals surface area contributed by atoms with E-state index in [1.807, 2.05) is 42.6 Å². The van der Waals surface area contributed by atoms with Crippen molar-refractivity contribution < 1.29 is 9.90 Å². The Hall–Kier alpha value is -3.97. The van der Waals surface area contributed by atoms with Crippen molar-refractivity contribution in [2.75, 3.05) is 4.90 Å². The van der Waals surface area contributed by atoms with E-state index in [-0.39, 0.29) is 17.6 Å². The van der Waals surface area contributed by atoms with Crippen molar-refractivity contribution in [1.29, 1.82) is 0 Å². The number of aromatic carboxylic acids is 1. The lowest BCUT2D eigenvalue weighted by Gasteiger charge is -2.29. The molecule has 0 unspecified atom stereocenters. The lowest BCUT2D eigenvalue weighted by atomic mass is 10.00. The van der Waals surface area contributed by atoms with Crippen LogP contribution in [-0.4, -0.2) is 25.7 Å². The minimum Gasteiger partial charge on any atom is -0.478 e. The number of hydrogen-bond acceptors (Lipinski definition) is 3. The van der Waals surface area contributed by atoms with Crippen LogP contribution in [0.3, 0.4) is 0 Å². The Bertz CT molecular complexity index is 1340. The first-order chi connectivity index (χ1) is 16.4. The molecule has 7 heteroatoms. The molecule has 0 radical (unpaired) electrons. The quantitative estimate of drug-likeness (QED) is 0.384. The topological polar surface area (TPSA) is 70.4 Å². The molecule has 1 saturated heterocycles. The Balaban J connectivity index is 1.66. The second kappa shape index (κ2) is 8.76. The predicted molar refractivity (Wildman–Crippen MR) is 137 cm³/mol. The number of pyridine rings is 1. The number of aromatic nitrogens is 2. The maximum Gasteiger partial charge on any atom is 0.335 e. The van der Waals surface area contributed by atoms with Crippen LogP contribution in [0.15, 0.2) is 85.2 Å². The van der Waals surface area contributed by atoms with E-state index in [0.717, 1.165) is 33.9 Å². The third-order valence-electron chi connectivity index (χ3n) is 6.06. The Morgan fingerprint density at radius 3 is 2.35 bits per heavy atom. The number of nitrogens with zero attached hydrogens (tertiary/aromatic N) is 3. The molecule has 2 aromatic heterocycles. The van der Waals surface area contributed by atoms with Crippen LogP contribution in [0.1, 0.15) is 45.0 Å². The fourth-order valence-corrected chi connectivity index (χ4v) is 5.00. The zero-order chi connectivity index (χ0) is 23.8. The summed E-state index contributed by atoms with van der Waals surface area (Å²) in [5.41, 5.74) is 6.40.